The highest BCUT2D eigenvalue weighted by Gasteiger charge is 2.50. The Kier molecular flexibility index (Phi) is 5.36. The lowest BCUT2D eigenvalue weighted by Gasteiger charge is -2.46. The molecule has 2 aliphatic rings. The van der Waals surface area contributed by atoms with Crippen LogP contribution in [0.5, 0.6) is 5.88 Å². The minimum Gasteiger partial charge on any atom is -0.480 e. The lowest BCUT2D eigenvalue weighted by atomic mass is 9.71. The van der Waals surface area contributed by atoms with Crippen molar-refractivity contribution in [1.29, 1.82) is 0 Å². The van der Waals surface area contributed by atoms with Gasteiger partial charge in [-0.1, -0.05) is 12.1 Å². The van der Waals surface area contributed by atoms with Gasteiger partial charge >= 0.3 is 0 Å². The number of aromatic nitrogens is 2. The van der Waals surface area contributed by atoms with E-state index in [0.29, 0.717) is 43.9 Å². The summed E-state index contributed by atoms with van der Waals surface area (Å²) >= 11 is 0. The number of aliphatic hydroxyl groups is 1. The highest BCUT2D eigenvalue weighted by Crippen LogP contribution is 2.37. The van der Waals surface area contributed by atoms with Crippen molar-refractivity contribution in [2.75, 3.05) is 26.7 Å². The highest BCUT2D eigenvalue weighted by molar-refractivity contribution is 5.86. The zero-order valence-electron chi connectivity index (χ0n) is 16.6. The van der Waals surface area contributed by atoms with Crippen molar-refractivity contribution in [3.05, 3.63) is 30.0 Å². The molecule has 154 valence electrons. The summed E-state index contributed by atoms with van der Waals surface area (Å²) in [6.45, 7) is 1.34. The van der Waals surface area contributed by atoms with Gasteiger partial charge in [-0.05, 0) is 31.4 Å². The van der Waals surface area contributed by atoms with Crippen molar-refractivity contribution in [2.24, 2.45) is 5.41 Å². The molecule has 2 saturated heterocycles. The Balaban J connectivity index is 1.47. The molecular formula is C21H26N4O4. The number of nitrogens with zero attached hydrogens (tertiary/aromatic N) is 3. The summed E-state index contributed by atoms with van der Waals surface area (Å²) in [5.74, 6) is 0.233. The molecule has 2 aromatic rings. The molecule has 0 bridgehead atoms. The fourth-order valence-corrected chi connectivity index (χ4v) is 4.39. The molecule has 2 atom stereocenters. The predicted molar refractivity (Wildman–Crippen MR) is 106 cm³/mol. The van der Waals surface area contributed by atoms with Gasteiger partial charge in [0.25, 0.3) is 0 Å². The van der Waals surface area contributed by atoms with Crippen molar-refractivity contribution < 1.29 is 19.4 Å². The summed E-state index contributed by atoms with van der Waals surface area (Å²) in [5, 5.41) is 13.3. The number of amides is 2. The quantitative estimate of drug-likeness (QED) is 0.798. The monoisotopic (exact) mass is 398 g/mol. The Hall–Kier alpha value is -2.74. The van der Waals surface area contributed by atoms with Gasteiger partial charge in [0.1, 0.15) is 5.69 Å². The molecule has 2 amide bonds. The Bertz CT molecular complexity index is 934. The number of methoxy groups -OCH3 is 1. The fraction of sp³-hybridized carbons (Fsp3) is 0.524. The second-order valence-corrected chi connectivity index (χ2v) is 7.80. The van der Waals surface area contributed by atoms with Crippen LogP contribution < -0.4 is 10.1 Å². The first-order valence-electron chi connectivity index (χ1n) is 10.1. The number of ether oxygens (including phenoxy) is 1. The van der Waals surface area contributed by atoms with E-state index in [9.17, 15) is 14.7 Å². The minimum absolute atomic E-state index is 0.0494. The number of likely N-dealkylation sites (tertiary alicyclic amines) is 1. The minimum atomic E-state index is -0.882. The lowest BCUT2D eigenvalue weighted by molar-refractivity contribution is -0.154. The number of aliphatic hydroxyl groups excluding tert-OH is 1. The SMILES string of the molecule is COc1nc2ccccc2nc1CCC(=O)N1CC[C@H](O)[C@@]2(CCCNC2=O)C1. The van der Waals surface area contributed by atoms with Crippen LogP contribution >= 0.6 is 0 Å². The number of piperidine rings is 2. The van der Waals surface area contributed by atoms with E-state index in [1.807, 2.05) is 24.3 Å². The zero-order valence-corrected chi connectivity index (χ0v) is 16.6. The van der Waals surface area contributed by atoms with Gasteiger partial charge in [-0.25, -0.2) is 9.97 Å². The Morgan fingerprint density at radius 3 is 2.83 bits per heavy atom. The number of para-hydroxylation sites is 2. The van der Waals surface area contributed by atoms with E-state index in [-0.39, 0.29) is 24.8 Å². The third-order valence-electron chi connectivity index (χ3n) is 6.05. The summed E-state index contributed by atoms with van der Waals surface area (Å²) in [6, 6.07) is 7.53. The van der Waals surface area contributed by atoms with Crippen molar-refractivity contribution in [1.82, 2.24) is 20.2 Å². The fourth-order valence-electron chi connectivity index (χ4n) is 4.39. The van der Waals surface area contributed by atoms with Crippen LogP contribution in [0.25, 0.3) is 11.0 Å². The first-order chi connectivity index (χ1) is 14.0. The maximum Gasteiger partial charge on any atom is 0.235 e. The van der Waals surface area contributed by atoms with E-state index in [4.69, 9.17) is 4.74 Å². The normalized spacial score (nSPS) is 24.6. The number of benzene rings is 1. The van der Waals surface area contributed by atoms with Crippen LogP contribution in [0.1, 0.15) is 31.4 Å². The van der Waals surface area contributed by atoms with Crippen LogP contribution in [0.3, 0.4) is 0 Å². The summed E-state index contributed by atoms with van der Waals surface area (Å²) in [6.07, 6.45) is 1.77. The van der Waals surface area contributed by atoms with Gasteiger partial charge in [0, 0.05) is 32.5 Å². The number of fused-ring (bicyclic) bond motifs is 1. The van der Waals surface area contributed by atoms with Crippen molar-refractivity contribution in [2.45, 2.75) is 38.2 Å². The number of hydrogen-bond donors (Lipinski definition) is 2. The van der Waals surface area contributed by atoms with Gasteiger partial charge in [0.15, 0.2) is 0 Å². The molecule has 1 aromatic heterocycles. The number of rotatable bonds is 4. The second-order valence-electron chi connectivity index (χ2n) is 7.80. The molecule has 2 aliphatic heterocycles. The van der Waals surface area contributed by atoms with E-state index in [1.54, 1.807) is 12.0 Å². The van der Waals surface area contributed by atoms with Gasteiger partial charge in [-0.15, -0.1) is 0 Å². The van der Waals surface area contributed by atoms with E-state index in [1.165, 1.54) is 0 Å². The molecule has 2 N–H and O–H groups in total. The Morgan fingerprint density at radius 2 is 2.10 bits per heavy atom. The number of carbonyl (C=O) groups is 2. The predicted octanol–water partition coefficient (Wildman–Crippen LogP) is 1.06. The maximum absolute atomic E-state index is 12.9. The lowest BCUT2D eigenvalue weighted by Crippen LogP contribution is -2.62. The van der Waals surface area contributed by atoms with Crippen LogP contribution in [0.15, 0.2) is 24.3 Å². The average Bonchev–Trinajstić information content (AvgIpc) is 2.75. The largest absolute Gasteiger partial charge is 0.480 e. The number of nitrogens with one attached hydrogen (secondary N) is 1. The molecule has 0 aliphatic carbocycles. The molecule has 2 fully saturated rings. The summed E-state index contributed by atoms with van der Waals surface area (Å²) in [5.41, 5.74) is 1.26. The first-order valence-corrected chi connectivity index (χ1v) is 10.1. The average molecular weight is 398 g/mol. The van der Waals surface area contributed by atoms with E-state index < -0.39 is 11.5 Å². The smallest absolute Gasteiger partial charge is 0.235 e. The summed E-state index contributed by atoms with van der Waals surface area (Å²) < 4.78 is 5.36. The molecule has 0 saturated carbocycles. The summed E-state index contributed by atoms with van der Waals surface area (Å²) in [7, 11) is 1.54. The van der Waals surface area contributed by atoms with E-state index in [0.717, 1.165) is 17.5 Å². The zero-order chi connectivity index (χ0) is 20.4. The maximum atomic E-state index is 12.9. The van der Waals surface area contributed by atoms with Gasteiger partial charge in [0.05, 0.1) is 29.7 Å². The standard InChI is InChI=1S/C21H26N4O4/c1-29-19-16(23-14-5-2-3-6-15(14)24-19)7-8-18(27)25-12-9-17(26)21(13-25)10-4-11-22-20(21)28/h2-3,5-6,17,26H,4,7-13H2,1H3,(H,22,28)/t17-,21+/m0/s1. The van der Waals surface area contributed by atoms with E-state index in [2.05, 4.69) is 15.3 Å². The number of hydrogen-bond acceptors (Lipinski definition) is 6. The molecule has 0 radical (unpaired) electrons. The van der Waals surface area contributed by atoms with Crippen LogP contribution in [0.2, 0.25) is 0 Å². The van der Waals surface area contributed by atoms with Crippen LogP contribution in [0.4, 0.5) is 0 Å². The summed E-state index contributed by atoms with van der Waals surface area (Å²) in [4.78, 5) is 36.2. The molecule has 8 heteroatoms. The Morgan fingerprint density at radius 1 is 1.34 bits per heavy atom. The molecule has 4 rings (SSSR count). The van der Waals surface area contributed by atoms with E-state index >= 15 is 0 Å². The third-order valence-corrected chi connectivity index (χ3v) is 6.05. The van der Waals surface area contributed by atoms with Crippen molar-refractivity contribution in [3.63, 3.8) is 0 Å². The molecule has 8 nitrogen and oxygen atoms in total. The van der Waals surface area contributed by atoms with Crippen molar-refractivity contribution >= 4 is 22.8 Å². The molecular weight excluding hydrogens is 372 g/mol. The molecule has 29 heavy (non-hydrogen) atoms. The first kappa shape index (κ1) is 19.6. The van der Waals surface area contributed by atoms with Gasteiger partial charge in [-0.3, -0.25) is 9.59 Å². The van der Waals surface area contributed by atoms with Crippen LogP contribution in [-0.2, 0) is 16.0 Å². The highest BCUT2D eigenvalue weighted by atomic mass is 16.5. The molecule has 1 spiro atoms. The third kappa shape index (κ3) is 3.64. The second kappa shape index (κ2) is 7.94. The molecule has 1 aromatic carbocycles. The molecule has 3 heterocycles. The van der Waals surface area contributed by atoms with Crippen LogP contribution in [-0.4, -0.2) is 64.6 Å². The topological polar surface area (TPSA) is 105 Å². The Labute approximate surface area is 169 Å². The van der Waals surface area contributed by atoms with Crippen molar-refractivity contribution in [3.8, 4) is 5.88 Å². The van der Waals surface area contributed by atoms with Gasteiger partial charge < -0.3 is 20.1 Å². The number of aryl methyl sites for hydroxylation is 1. The molecule has 0 unspecified atom stereocenters. The van der Waals surface area contributed by atoms with Gasteiger partial charge in [-0.2, -0.15) is 0 Å². The number of carbonyl (C=O) groups excluding carboxylic acids is 2. The van der Waals surface area contributed by atoms with Crippen LogP contribution in [0, 0.1) is 5.41 Å². The van der Waals surface area contributed by atoms with Gasteiger partial charge in [0.2, 0.25) is 17.7 Å².